The van der Waals surface area contributed by atoms with Gasteiger partial charge in [0.1, 0.15) is 0 Å². The molecule has 1 fully saturated rings. The Balaban J connectivity index is 1.76. The average Bonchev–Trinajstić information content (AvgIpc) is 2.41. The first-order valence-electron chi connectivity index (χ1n) is 6.92. The van der Waals surface area contributed by atoms with Crippen LogP contribution in [-0.2, 0) is 11.3 Å². The number of carbonyl (C=O) groups is 1. The van der Waals surface area contributed by atoms with Crippen molar-refractivity contribution in [2.45, 2.75) is 26.4 Å². The molecule has 1 aliphatic heterocycles. The van der Waals surface area contributed by atoms with Crippen LogP contribution < -0.4 is 10.6 Å². The lowest BCUT2D eigenvalue weighted by molar-refractivity contribution is -0.123. The number of benzene rings is 1. The van der Waals surface area contributed by atoms with Crippen molar-refractivity contribution in [1.29, 1.82) is 0 Å². The van der Waals surface area contributed by atoms with Gasteiger partial charge in [0.25, 0.3) is 0 Å². The number of hydrogen-bond acceptors (Lipinski definition) is 3. The Morgan fingerprint density at radius 2 is 2.16 bits per heavy atom. The fraction of sp³-hybridized carbons (Fsp3) is 0.533. The maximum atomic E-state index is 11.9. The van der Waals surface area contributed by atoms with Crippen molar-refractivity contribution in [2.75, 3.05) is 26.2 Å². The van der Waals surface area contributed by atoms with Crippen LogP contribution >= 0.6 is 0 Å². The van der Waals surface area contributed by atoms with Crippen LogP contribution in [-0.4, -0.2) is 43.0 Å². The van der Waals surface area contributed by atoms with Crippen molar-refractivity contribution in [3.63, 3.8) is 0 Å². The lowest BCUT2D eigenvalue weighted by Crippen LogP contribution is -2.52. The molecule has 1 saturated heterocycles. The van der Waals surface area contributed by atoms with Gasteiger partial charge in [-0.05, 0) is 19.4 Å². The Morgan fingerprint density at radius 3 is 2.84 bits per heavy atom. The molecule has 0 saturated carbocycles. The Morgan fingerprint density at radius 1 is 1.42 bits per heavy atom. The summed E-state index contributed by atoms with van der Waals surface area (Å²) >= 11 is 0. The number of aryl methyl sites for hydroxylation is 1. The molecule has 1 aromatic rings. The van der Waals surface area contributed by atoms with Gasteiger partial charge in [-0.25, -0.2) is 0 Å². The zero-order valence-electron chi connectivity index (χ0n) is 11.8. The summed E-state index contributed by atoms with van der Waals surface area (Å²) in [4.78, 5) is 14.1. The van der Waals surface area contributed by atoms with Crippen LogP contribution in [0.15, 0.2) is 24.3 Å². The van der Waals surface area contributed by atoms with Crippen LogP contribution in [0, 0.1) is 6.92 Å². The summed E-state index contributed by atoms with van der Waals surface area (Å²) in [5, 5.41) is 6.31. The predicted molar refractivity (Wildman–Crippen MR) is 76.9 cm³/mol. The molecule has 2 rings (SSSR count). The number of amides is 1. The second kappa shape index (κ2) is 6.68. The minimum Gasteiger partial charge on any atom is -0.351 e. The Kier molecular flexibility index (Phi) is 4.93. The van der Waals surface area contributed by atoms with Crippen molar-refractivity contribution >= 4 is 5.91 Å². The topological polar surface area (TPSA) is 44.4 Å². The van der Waals surface area contributed by atoms with Gasteiger partial charge < -0.3 is 10.6 Å². The zero-order valence-corrected chi connectivity index (χ0v) is 11.8. The molecule has 4 nitrogen and oxygen atoms in total. The first kappa shape index (κ1) is 14.0. The fourth-order valence-electron chi connectivity index (χ4n) is 2.26. The van der Waals surface area contributed by atoms with Crippen LogP contribution in [0.25, 0.3) is 0 Å². The van der Waals surface area contributed by atoms with E-state index in [1.165, 1.54) is 5.56 Å². The van der Waals surface area contributed by atoms with Gasteiger partial charge in [-0.1, -0.05) is 29.8 Å². The molecule has 1 aromatic carbocycles. The summed E-state index contributed by atoms with van der Waals surface area (Å²) in [5.41, 5.74) is 2.39. The van der Waals surface area contributed by atoms with E-state index in [2.05, 4.69) is 53.6 Å². The van der Waals surface area contributed by atoms with Crippen molar-refractivity contribution in [3.05, 3.63) is 35.4 Å². The molecule has 0 bridgehead atoms. The van der Waals surface area contributed by atoms with E-state index in [9.17, 15) is 4.79 Å². The third-order valence-electron chi connectivity index (χ3n) is 3.60. The molecule has 104 valence electrons. The van der Waals surface area contributed by atoms with Crippen LogP contribution in [0.4, 0.5) is 0 Å². The van der Waals surface area contributed by atoms with Crippen molar-refractivity contribution < 1.29 is 4.79 Å². The smallest absolute Gasteiger partial charge is 0.234 e. The minimum absolute atomic E-state index is 0.106. The van der Waals surface area contributed by atoms with Gasteiger partial charge in [0.15, 0.2) is 0 Å². The van der Waals surface area contributed by atoms with Gasteiger partial charge in [0.05, 0.1) is 6.54 Å². The Labute approximate surface area is 115 Å². The van der Waals surface area contributed by atoms with Crippen LogP contribution in [0.1, 0.15) is 18.1 Å². The molecular formula is C15H23N3O. The molecular weight excluding hydrogens is 238 g/mol. The minimum atomic E-state index is 0.106. The molecule has 0 aromatic heterocycles. The normalized spacial score (nSPS) is 20.2. The van der Waals surface area contributed by atoms with E-state index in [1.807, 2.05) is 0 Å². The molecule has 19 heavy (non-hydrogen) atoms. The van der Waals surface area contributed by atoms with E-state index in [1.54, 1.807) is 0 Å². The molecule has 4 heteroatoms. The van der Waals surface area contributed by atoms with E-state index in [-0.39, 0.29) is 5.91 Å². The van der Waals surface area contributed by atoms with Gasteiger partial charge >= 0.3 is 0 Å². The molecule has 2 N–H and O–H groups in total. The second-order valence-electron chi connectivity index (χ2n) is 5.29. The van der Waals surface area contributed by atoms with Crippen LogP contribution in [0.2, 0.25) is 0 Å². The molecule has 1 atom stereocenters. The summed E-state index contributed by atoms with van der Waals surface area (Å²) < 4.78 is 0. The number of nitrogens with zero attached hydrogens (tertiary/aromatic N) is 1. The first-order valence-corrected chi connectivity index (χ1v) is 6.92. The number of hydrogen-bond donors (Lipinski definition) is 2. The van der Waals surface area contributed by atoms with E-state index < -0.39 is 0 Å². The van der Waals surface area contributed by atoms with Gasteiger partial charge in [-0.2, -0.15) is 0 Å². The quantitative estimate of drug-likeness (QED) is 0.846. The highest BCUT2D eigenvalue weighted by Gasteiger charge is 2.19. The average molecular weight is 261 g/mol. The summed E-state index contributed by atoms with van der Waals surface area (Å²) in [7, 11) is 0. The third kappa shape index (κ3) is 4.33. The van der Waals surface area contributed by atoms with Gasteiger partial charge in [0.2, 0.25) is 5.91 Å². The maximum absolute atomic E-state index is 11.9. The summed E-state index contributed by atoms with van der Waals surface area (Å²) in [6.07, 6.45) is 0. The number of rotatable bonds is 4. The largest absolute Gasteiger partial charge is 0.351 e. The van der Waals surface area contributed by atoms with E-state index in [0.29, 0.717) is 19.1 Å². The third-order valence-corrected chi connectivity index (χ3v) is 3.60. The zero-order chi connectivity index (χ0) is 13.7. The number of nitrogens with one attached hydrogen (secondary N) is 2. The second-order valence-corrected chi connectivity index (χ2v) is 5.29. The molecule has 1 aliphatic rings. The highest BCUT2D eigenvalue weighted by Crippen LogP contribution is 2.03. The molecule has 0 radical (unpaired) electrons. The van der Waals surface area contributed by atoms with Crippen molar-refractivity contribution in [3.8, 4) is 0 Å². The van der Waals surface area contributed by atoms with Gasteiger partial charge in [-0.15, -0.1) is 0 Å². The molecule has 0 aliphatic carbocycles. The van der Waals surface area contributed by atoms with Crippen LogP contribution in [0.5, 0.6) is 0 Å². The molecule has 0 spiro atoms. The highest BCUT2D eigenvalue weighted by molar-refractivity contribution is 5.78. The Bertz CT molecular complexity index is 416. The first-order chi connectivity index (χ1) is 9.15. The lowest BCUT2D eigenvalue weighted by Gasteiger charge is -2.33. The summed E-state index contributed by atoms with van der Waals surface area (Å²) in [6.45, 7) is 8.20. The molecule has 1 heterocycles. The fourth-order valence-corrected chi connectivity index (χ4v) is 2.26. The highest BCUT2D eigenvalue weighted by atomic mass is 16.2. The van der Waals surface area contributed by atoms with Crippen LogP contribution in [0.3, 0.4) is 0 Å². The summed E-state index contributed by atoms with van der Waals surface area (Å²) in [6, 6.07) is 8.69. The lowest BCUT2D eigenvalue weighted by atomic mass is 10.1. The standard InChI is InChI=1S/C15H23N3O/c1-12-3-5-14(6-4-12)10-17-15(19)11-18-8-7-16-9-13(18)2/h3-6,13,16H,7-11H2,1-2H3,(H,17,19)/t13-/m0/s1. The number of carbonyl (C=O) groups excluding carboxylic acids is 1. The monoisotopic (exact) mass is 261 g/mol. The van der Waals surface area contributed by atoms with Gasteiger partial charge in [0, 0.05) is 32.2 Å². The van der Waals surface area contributed by atoms with Gasteiger partial charge in [-0.3, -0.25) is 9.69 Å². The van der Waals surface area contributed by atoms with Crippen molar-refractivity contribution in [1.82, 2.24) is 15.5 Å². The number of piperazine rings is 1. The predicted octanol–water partition coefficient (Wildman–Crippen LogP) is 0.905. The van der Waals surface area contributed by atoms with E-state index in [0.717, 1.165) is 25.2 Å². The Hall–Kier alpha value is -1.39. The van der Waals surface area contributed by atoms with Crippen molar-refractivity contribution in [2.24, 2.45) is 0 Å². The van der Waals surface area contributed by atoms with E-state index in [4.69, 9.17) is 0 Å². The maximum Gasteiger partial charge on any atom is 0.234 e. The molecule has 1 amide bonds. The molecule has 0 unspecified atom stereocenters. The summed E-state index contributed by atoms with van der Waals surface area (Å²) in [5.74, 6) is 0.106. The van der Waals surface area contributed by atoms with E-state index >= 15 is 0 Å². The SMILES string of the molecule is Cc1ccc(CNC(=O)CN2CCNC[C@@H]2C)cc1.